The number of amides is 1. The van der Waals surface area contributed by atoms with Gasteiger partial charge in [-0.2, -0.15) is 4.98 Å². The van der Waals surface area contributed by atoms with E-state index in [0.29, 0.717) is 10.8 Å². The fourth-order valence-electron chi connectivity index (χ4n) is 3.57. The lowest BCUT2D eigenvalue weighted by molar-refractivity contribution is 0.0936. The summed E-state index contributed by atoms with van der Waals surface area (Å²) in [4.78, 5) is 45.2. The minimum atomic E-state index is -0.922. The van der Waals surface area contributed by atoms with Crippen molar-refractivity contribution in [2.45, 2.75) is 13.0 Å². The van der Waals surface area contributed by atoms with Crippen molar-refractivity contribution in [3.8, 4) is 17.4 Å². The normalized spacial score (nSPS) is 11.8. The fraction of sp³-hybridized carbons (Fsp3) is 0.167. The molecule has 0 saturated heterocycles. The average Bonchev–Trinajstić information content (AvgIpc) is 2.84. The van der Waals surface area contributed by atoms with Crippen LogP contribution >= 0.6 is 11.6 Å². The third-order valence-corrected chi connectivity index (χ3v) is 5.65. The summed E-state index contributed by atoms with van der Waals surface area (Å²) >= 11 is 5.89. The third kappa shape index (κ3) is 4.60. The number of carbonyl (C=O) groups is 1. The summed E-state index contributed by atoms with van der Waals surface area (Å²) in [5.74, 6) is -1.32. The van der Waals surface area contributed by atoms with E-state index in [4.69, 9.17) is 21.1 Å². The van der Waals surface area contributed by atoms with Gasteiger partial charge in [0.1, 0.15) is 11.6 Å². The quantitative estimate of drug-likeness (QED) is 0.421. The van der Waals surface area contributed by atoms with Gasteiger partial charge in [-0.3, -0.25) is 9.59 Å². The number of nitrogens with zero attached hydrogens (tertiary/aromatic N) is 2. The molecule has 1 amide bonds. The predicted octanol–water partition coefficient (Wildman–Crippen LogP) is 3.37. The van der Waals surface area contributed by atoms with Crippen molar-refractivity contribution in [1.29, 1.82) is 0 Å². The van der Waals surface area contributed by atoms with Gasteiger partial charge in [0.15, 0.2) is 5.75 Å². The van der Waals surface area contributed by atoms with Crippen LogP contribution in [0.2, 0.25) is 5.02 Å². The van der Waals surface area contributed by atoms with Gasteiger partial charge in [0.25, 0.3) is 17.3 Å². The SMILES string of the molecule is COc1ccc(-n2c(=O)[nH]c3cc(C(=O)NC(C)c4ccc(Cl)cc4)c(F)cc3c2=O)nc1OC. The molecule has 2 aromatic heterocycles. The molecule has 1 atom stereocenters. The molecule has 0 aliphatic carbocycles. The van der Waals surface area contributed by atoms with E-state index in [1.54, 1.807) is 31.2 Å². The van der Waals surface area contributed by atoms with E-state index in [1.807, 2.05) is 0 Å². The first kappa shape index (κ1) is 24.0. The van der Waals surface area contributed by atoms with Gasteiger partial charge >= 0.3 is 5.69 Å². The number of pyridine rings is 1. The molecule has 0 fully saturated rings. The molecule has 11 heteroatoms. The van der Waals surface area contributed by atoms with Gasteiger partial charge in [-0.25, -0.2) is 13.8 Å². The Morgan fingerprint density at radius 3 is 2.49 bits per heavy atom. The Balaban J connectivity index is 1.73. The minimum Gasteiger partial charge on any atom is -0.491 e. The van der Waals surface area contributed by atoms with Crippen LogP contribution in [-0.2, 0) is 0 Å². The zero-order valence-electron chi connectivity index (χ0n) is 18.9. The van der Waals surface area contributed by atoms with Crippen molar-refractivity contribution in [2.24, 2.45) is 0 Å². The third-order valence-electron chi connectivity index (χ3n) is 5.40. The smallest absolute Gasteiger partial charge is 0.334 e. The zero-order valence-corrected chi connectivity index (χ0v) is 19.6. The Bertz CT molecular complexity index is 1550. The number of methoxy groups -OCH3 is 2. The first-order valence-corrected chi connectivity index (χ1v) is 10.8. The number of rotatable bonds is 6. The number of fused-ring (bicyclic) bond motifs is 1. The summed E-state index contributed by atoms with van der Waals surface area (Å²) in [7, 11) is 2.78. The van der Waals surface area contributed by atoms with Crippen LogP contribution in [0.25, 0.3) is 16.7 Å². The van der Waals surface area contributed by atoms with Gasteiger partial charge in [0, 0.05) is 5.02 Å². The van der Waals surface area contributed by atoms with E-state index < -0.39 is 29.0 Å². The Morgan fingerprint density at radius 2 is 1.83 bits per heavy atom. The van der Waals surface area contributed by atoms with E-state index in [0.717, 1.165) is 22.3 Å². The maximum absolute atomic E-state index is 14.9. The molecule has 9 nitrogen and oxygen atoms in total. The molecule has 35 heavy (non-hydrogen) atoms. The van der Waals surface area contributed by atoms with Crippen LogP contribution in [0.5, 0.6) is 11.6 Å². The Kier molecular flexibility index (Phi) is 6.57. The Labute approximate surface area is 203 Å². The van der Waals surface area contributed by atoms with Gasteiger partial charge in [0.05, 0.1) is 36.7 Å². The molecule has 0 aliphatic rings. The summed E-state index contributed by atoms with van der Waals surface area (Å²) in [6, 6.07) is 11.3. The summed E-state index contributed by atoms with van der Waals surface area (Å²) in [5, 5.41) is 3.10. The van der Waals surface area contributed by atoms with Crippen LogP contribution < -0.4 is 26.0 Å². The minimum absolute atomic E-state index is 0.00224. The van der Waals surface area contributed by atoms with Gasteiger partial charge in [0.2, 0.25) is 0 Å². The molecular formula is C24H20ClFN4O5. The van der Waals surface area contributed by atoms with Crippen molar-refractivity contribution < 1.29 is 18.7 Å². The first-order valence-electron chi connectivity index (χ1n) is 10.4. The number of hydrogen-bond donors (Lipinski definition) is 2. The highest BCUT2D eigenvalue weighted by Crippen LogP contribution is 2.25. The zero-order chi connectivity index (χ0) is 25.3. The molecule has 4 aromatic rings. The largest absolute Gasteiger partial charge is 0.491 e. The number of carbonyl (C=O) groups excluding carboxylic acids is 1. The number of H-pyrrole nitrogens is 1. The number of nitrogens with one attached hydrogen (secondary N) is 2. The molecular weight excluding hydrogens is 479 g/mol. The topological polar surface area (TPSA) is 115 Å². The highest BCUT2D eigenvalue weighted by molar-refractivity contribution is 6.30. The fourth-order valence-corrected chi connectivity index (χ4v) is 3.70. The second-order valence-corrected chi connectivity index (χ2v) is 8.01. The number of ether oxygens (including phenoxy) is 2. The molecule has 0 saturated carbocycles. The predicted molar refractivity (Wildman–Crippen MR) is 128 cm³/mol. The van der Waals surface area contributed by atoms with E-state index in [1.165, 1.54) is 26.4 Å². The first-order chi connectivity index (χ1) is 16.7. The van der Waals surface area contributed by atoms with Crippen LogP contribution in [0.3, 0.4) is 0 Å². The van der Waals surface area contributed by atoms with E-state index in [9.17, 15) is 18.8 Å². The van der Waals surface area contributed by atoms with Crippen molar-refractivity contribution in [3.63, 3.8) is 0 Å². The summed E-state index contributed by atoms with van der Waals surface area (Å²) in [6.45, 7) is 1.73. The monoisotopic (exact) mass is 498 g/mol. The molecule has 2 heterocycles. The lowest BCUT2D eigenvalue weighted by Gasteiger charge is -2.15. The highest BCUT2D eigenvalue weighted by Gasteiger charge is 2.20. The summed E-state index contributed by atoms with van der Waals surface area (Å²) < 4.78 is 25.9. The maximum Gasteiger partial charge on any atom is 0.334 e. The molecule has 0 bridgehead atoms. The van der Waals surface area contributed by atoms with E-state index in [-0.39, 0.29) is 28.2 Å². The molecule has 1 unspecified atom stereocenters. The maximum atomic E-state index is 14.9. The van der Waals surface area contributed by atoms with Crippen molar-refractivity contribution in [2.75, 3.05) is 14.2 Å². The number of halogens is 2. The highest BCUT2D eigenvalue weighted by atomic mass is 35.5. The molecule has 0 aliphatic heterocycles. The van der Waals surface area contributed by atoms with Crippen LogP contribution in [-0.4, -0.2) is 34.7 Å². The lowest BCUT2D eigenvalue weighted by Crippen LogP contribution is -2.34. The van der Waals surface area contributed by atoms with Gasteiger partial charge in [-0.1, -0.05) is 23.7 Å². The number of aromatic nitrogens is 3. The molecule has 180 valence electrons. The second-order valence-electron chi connectivity index (χ2n) is 7.58. The Morgan fingerprint density at radius 1 is 1.11 bits per heavy atom. The standard InChI is InChI=1S/C24H20ClFN4O5/c1-12(13-4-6-14(25)7-5-13)27-21(31)15-11-18-16(10-17(15)26)23(32)30(24(33)28-18)20-9-8-19(34-2)22(29-20)35-3/h4-12H,1-3H3,(H,27,31)(H,28,33). The molecule has 0 radical (unpaired) electrons. The van der Waals surface area contributed by atoms with Gasteiger partial charge in [-0.05, 0) is 48.9 Å². The van der Waals surface area contributed by atoms with Crippen LogP contribution in [0.1, 0.15) is 28.9 Å². The summed E-state index contributed by atoms with van der Waals surface area (Å²) in [6.07, 6.45) is 0. The second kappa shape index (κ2) is 9.59. The molecule has 2 N–H and O–H groups in total. The molecule has 2 aromatic carbocycles. The van der Waals surface area contributed by atoms with E-state index >= 15 is 0 Å². The molecule has 4 rings (SSSR count). The lowest BCUT2D eigenvalue weighted by atomic mass is 10.1. The van der Waals surface area contributed by atoms with Gasteiger partial charge < -0.3 is 19.8 Å². The van der Waals surface area contributed by atoms with Crippen LogP contribution in [0.15, 0.2) is 58.1 Å². The van der Waals surface area contributed by atoms with Crippen molar-refractivity contribution in [1.82, 2.24) is 19.9 Å². The average molecular weight is 499 g/mol. The van der Waals surface area contributed by atoms with Crippen molar-refractivity contribution in [3.05, 3.63) is 91.3 Å². The van der Waals surface area contributed by atoms with Crippen LogP contribution in [0, 0.1) is 5.82 Å². The van der Waals surface area contributed by atoms with Crippen LogP contribution in [0.4, 0.5) is 4.39 Å². The Hall–Kier alpha value is -4.18. The number of hydrogen-bond acceptors (Lipinski definition) is 6. The van der Waals surface area contributed by atoms with Crippen molar-refractivity contribution >= 4 is 28.4 Å². The molecule has 0 spiro atoms. The number of aromatic amines is 1. The number of benzene rings is 2. The van der Waals surface area contributed by atoms with E-state index in [2.05, 4.69) is 15.3 Å². The summed E-state index contributed by atoms with van der Waals surface area (Å²) in [5.41, 5.74) is -1.20. The van der Waals surface area contributed by atoms with Gasteiger partial charge in [-0.15, -0.1) is 0 Å².